The molecule has 0 unspecified atom stereocenters. The lowest BCUT2D eigenvalue weighted by molar-refractivity contribution is 0.670. The number of hydrogen-bond acceptors (Lipinski definition) is 3. The SMILES string of the molecule is c1ccc(-c2cccc(N(c3ccccc3)c3ccc(-c4cc(-c5cccc6c5oc5ccccc56)cc(-c5cccc6c5oc5ccccc56)c4)cc3)c2)cc1. The predicted molar refractivity (Wildman–Crippen MR) is 237 cm³/mol. The Balaban J connectivity index is 1.07. The molecule has 0 bridgehead atoms. The molecule has 0 aliphatic heterocycles. The van der Waals surface area contributed by atoms with Crippen LogP contribution in [0.3, 0.4) is 0 Å². The summed E-state index contributed by atoms with van der Waals surface area (Å²) >= 11 is 0. The van der Waals surface area contributed by atoms with Gasteiger partial charge in [-0.2, -0.15) is 0 Å². The third kappa shape index (κ3) is 5.76. The van der Waals surface area contributed by atoms with Crippen molar-refractivity contribution in [1.82, 2.24) is 0 Å². The summed E-state index contributed by atoms with van der Waals surface area (Å²) in [4.78, 5) is 2.32. The van der Waals surface area contributed by atoms with Crippen molar-refractivity contribution in [3.63, 3.8) is 0 Å². The highest BCUT2D eigenvalue weighted by Crippen LogP contribution is 2.43. The molecule has 3 heteroatoms. The van der Waals surface area contributed by atoms with E-state index in [0.717, 1.165) is 94.3 Å². The molecule has 0 saturated heterocycles. The van der Waals surface area contributed by atoms with Crippen LogP contribution in [0, 0.1) is 0 Å². The molecule has 0 aliphatic rings. The highest BCUT2D eigenvalue weighted by Gasteiger charge is 2.18. The first kappa shape index (κ1) is 32.8. The third-order valence-electron chi connectivity index (χ3n) is 11.0. The van der Waals surface area contributed by atoms with Crippen LogP contribution in [0.15, 0.2) is 221 Å². The Hall–Kier alpha value is -7.62. The van der Waals surface area contributed by atoms with Gasteiger partial charge in [0.25, 0.3) is 0 Å². The van der Waals surface area contributed by atoms with Gasteiger partial charge in [0.1, 0.15) is 22.3 Å². The lowest BCUT2D eigenvalue weighted by Crippen LogP contribution is -2.09. The molecule has 0 aliphatic carbocycles. The van der Waals surface area contributed by atoms with Crippen molar-refractivity contribution in [3.8, 4) is 44.5 Å². The third-order valence-corrected chi connectivity index (χ3v) is 11.0. The van der Waals surface area contributed by atoms with Crippen LogP contribution in [0.1, 0.15) is 0 Å². The minimum atomic E-state index is 0.885. The first-order valence-electron chi connectivity index (χ1n) is 19.3. The van der Waals surface area contributed by atoms with Gasteiger partial charge in [-0.05, 0) is 100 Å². The lowest BCUT2D eigenvalue weighted by atomic mass is 9.92. The van der Waals surface area contributed by atoms with Gasteiger partial charge in [-0.3, -0.25) is 0 Å². The highest BCUT2D eigenvalue weighted by atomic mass is 16.3. The lowest BCUT2D eigenvalue weighted by Gasteiger charge is -2.26. The van der Waals surface area contributed by atoms with Crippen molar-refractivity contribution in [3.05, 3.63) is 212 Å². The maximum absolute atomic E-state index is 6.58. The maximum Gasteiger partial charge on any atom is 0.143 e. The Morgan fingerprint density at radius 1 is 0.263 bits per heavy atom. The van der Waals surface area contributed by atoms with Gasteiger partial charge in [-0.15, -0.1) is 0 Å². The topological polar surface area (TPSA) is 29.5 Å². The van der Waals surface area contributed by atoms with Crippen molar-refractivity contribution in [2.24, 2.45) is 0 Å². The van der Waals surface area contributed by atoms with Crippen LogP contribution < -0.4 is 4.90 Å². The van der Waals surface area contributed by atoms with Crippen LogP contribution in [0.2, 0.25) is 0 Å². The summed E-state index contributed by atoms with van der Waals surface area (Å²) in [6.07, 6.45) is 0. The molecule has 2 aromatic heterocycles. The summed E-state index contributed by atoms with van der Waals surface area (Å²) in [6, 6.07) is 75.1. The molecule has 0 N–H and O–H groups in total. The Morgan fingerprint density at radius 3 is 1.32 bits per heavy atom. The zero-order valence-electron chi connectivity index (χ0n) is 31.0. The second-order valence-electron chi connectivity index (χ2n) is 14.5. The summed E-state index contributed by atoms with van der Waals surface area (Å²) in [5, 5.41) is 4.45. The smallest absolute Gasteiger partial charge is 0.143 e. The van der Waals surface area contributed by atoms with Crippen molar-refractivity contribution in [2.45, 2.75) is 0 Å². The molecule has 0 saturated carbocycles. The van der Waals surface area contributed by atoms with Gasteiger partial charge in [0.15, 0.2) is 0 Å². The van der Waals surface area contributed by atoms with Crippen LogP contribution in [0.25, 0.3) is 88.4 Å². The molecule has 0 radical (unpaired) electrons. The van der Waals surface area contributed by atoms with E-state index in [2.05, 4.69) is 193 Å². The average Bonchev–Trinajstić information content (AvgIpc) is 3.86. The second-order valence-corrected chi connectivity index (χ2v) is 14.5. The van der Waals surface area contributed by atoms with Gasteiger partial charge in [-0.1, -0.05) is 146 Å². The van der Waals surface area contributed by atoms with E-state index in [0.29, 0.717) is 0 Å². The highest BCUT2D eigenvalue weighted by molar-refractivity contribution is 6.11. The van der Waals surface area contributed by atoms with E-state index in [9.17, 15) is 0 Å². The summed E-state index contributed by atoms with van der Waals surface area (Å²) in [5.74, 6) is 0. The monoisotopic (exact) mass is 729 g/mol. The fourth-order valence-electron chi connectivity index (χ4n) is 8.34. The van der Waals surface area contributed by atoms with Crippen molar-refractivity contribution < 1.29 is 8.83 Å². The first-order valence-corrected chi connectivity index (χ1v) is 19.3. The average molecular weight is 730 g/mol. The molecule has 0 fully saturated rings. The fourth-order valence-corrected chi connectivity index (χ4v) is 8.34. The largest absolute Gasteiger partial charge is 0.455 e. The van der Waals surface area contributed by atoms with E-state index < -0.39 is 0 Å². The van der Waals surface area contributed by atoms with E-state index in [4.69, 9.17) is 8.83 Å². The second kappa shape index (κ2) is 13.6. The molecule has 0 spiro atoms. The van der Waals surface area contributed by atoms with Crippen LogP contribution in [-0.2, 0) is 0 Å². The number of furan rings is 2. The van der Waals surface area contributed by atoms with Crippen molar-refractivity contribution in [2.75, 3.05) is 4.90 Å². The predicted octanol–water partition coefficient (Wildman–Crippen LogP) is 15.6. The Labute approximate surface area is 330 Å². The number of hydrogen-bond donors (Lipinski definition) is 0. The number of anilines is 3. The molecule has 57 heavy (non-hydrogen) atoms. The Bertz CT molecular complexity index is 3100. The number of nitrogens with zero attached hydrogens (tertiary/aromatic N) is 1. The first-order chi connectivity index (χ1) is 28.2. The molecule has 11 rings (SSSR count). The molecule has 3 nitrogen and oxygen atoms in total. The standard InChI is InChI=1S/C54H35NO2/c1-3-14-36(15-4-1)38-16-11-19-44(35-38)55(42-17-5-2-6-18-42)43-30-28-37(29-31-43)39-32-40(45-22-12-24-49-47-20-7-9-26-51(47)56-53(45)49)34-41(33-39)46-23-13-25-50-48-21-8-10-27-52(48)57-54(46)50/h1-35H. The number of fused-ring (bicyclic) bond motifs is 6. The van der Waals surface area contributed by atoms with E-state index in [1.165, 1.54) is 11.1 Å². The van der Waals surface area contributed by atoms with Crippen LogP contribution in [-0.4, -0.2) is 0 Å². The molecule has 11 aromatic rings. The van der Waals surface area contributed by atoms with Gasteiger partial charge < -0.3 is 13.7 Å². The van der Waals surface area contributed by atoms with Gasteiger partial charge >= 0.3 is 0 Å². The van der Waals surface area contributed by atoms with E-state index >= 15 is 0 Å². The summed E-state index contributed by atoms with van der Waals surface area (Å²) < 4.78 is 13.2. The van der Waals surface area contributed by atoms with E-state index in [1.54, 1.807) is 0 Å². The maximum atomic E-state index is 6.58. The molecule has 9 aromatic carbocycles. The van der Waals surface area contributed by atoms with Crippen LogP contribution in [0.5, 0.6) is 0 Å². The van der Waals surface area contributed by atoms with E-state index in [-0.39, 0.29) is 0 Å². The molecule has 268 valence electrons. The Morgan fingerprint density at radius 2 is 0.702 bits per heavy atom. The van der Waals surface area contributed by atoms with Gasteiger partial charge in [0.2, 0.25) is 0 Å². The van der Waals surface area contributed by atoms with Gasteiger partial charge in [0, 0.05) is 49.7 Å². The normalized spacial score (nSPS) is 11.5. The fraction of sp³-hybridized carbons (Fsp3) is 0. The molecular weight excluding hydrogens is 695 g/mol. The number of para-hydroxylation sites is 5. The summed E-state index contributed by atoms with van der Waals surface area (Å²) in [6.45, 7) is 0. The van der Waals surface area contributed by atoms with Gasteiger partial charge in [-0.25, -0.2) is 0 Å². The summed E-state index contributed by atoms with van der Waals surface area (Å²) in [5.41, 5.74) is 15.6. The Kier molecular flexibility index (Phi) is 7.82. The molecule has 0 atom stereocenters. The molecule has 2 heterocycles. The molecule has 0 amide bonds. The van der Waals surface area contributed by atoms with Crippen molar-refractivity contribution in [1.29, 1.82) is 0 Å². The summed E-state index contributed by atoms with van der Waals surface area (Å²) in [7, 11) is 0. The van der Waals surface area contributed by atoms with Crippen LogP contribution in [0.4, 0.5) is 17.1 Å². The van der Waals surface area contributed by atoms with Crippen molar-refractivity contribution >= 4 is 60.9 Å². The zero-order chi connectivity index (χ0) is 37.7. The zero-order valence-corrected chi connectivity index (χ0v) is 31.0. The quantitative estimate of drug-likeness (QED) is 0.164. The van der Waals surface area contributed by atoms with Gasteiger partial charge in [0.05, 0.1) is 0 Å². The molecular formula is C54H35NO2. The van der Waals surface area contributed by atoms with Crippen LogP contribution >= 0.6 is 0 Å². The number of rotatable bonds is 7. The number of benzene rings is 9. The minimum absolute atomic E-state index is 0.885. The van der Waals surface area contributed by atoms with E-state index in [1.807, 2.05) is 24.3 Å². The minimum Gasteiger partial charge on any atom is -0.455 e.